The van der Waals surface area contributed by atoms with Crippen LogP contribution in [-0.2, 0) is 4.79 Å². The molecule has 4 rings (SSSR count). The van der Waals surface area contributed by atoms with Gasteiger partial charge in [0.25, 0.3) is 5.69 Å². The van der Waals surface area contributed by atoms with Crippen molar-refractivity contribution in [1.29, 1.82) is 5.26 Å². The fourth-order valence-corrected chi connectivity index (χ4v) is 3.62. The molecule has 1 aliphatic rings. The lowest BCUT2D eigenvalue weighted by Crippen LogP contribution is -2.38. The van der Waals surface area contributed by atoms with Crippen LogP contribution in [0, 0.1) is 27.4 Å². The lowest BCUT2D eigenvalue weighted by atomic mass is 9.95. The van der Waals surface area contributed by atoms with Crippen LogP contribution >= 0.6 is 0 Å². The Morgan fingerprint density at radius 2 is 1.88 bits per heavy atom. The molecule has 0 radical (unpaired) electrons. The molecule has 3 aromatic rings. The number of carbonyl (C=O) groups is 1. The van der Waals surface area contributed by atoms with E-state index in [1.807, 2.05) is 30.3 Å². The molecule has 10 nitrogen and oxygen atoms in total. The highest BCUT2D eigenvalue weighted by molar-refractivity contribution is 5.94. The van der Waals surface area contributed by atoms with Gasteiger partial charge in [-0.1, -0.05) is 0 Å². The number of nitrogens with one attached hydrogen (secondary N) is 1. The highest BCUT2D eigenvalue weighted by Gasteiger charge is 2.26. The first kappa shape index (κ1) is 20.9. The Hall–Kier alpha value is -4.39. The van der Waals surface area contributed by atoms with Crippen molar-refractivity contribution in [2.75, 3.05) is 23.3 Å². The second-order valence-corrected chi connectivity index (χ2v) is 7.36. The summed E-state index contributed by atoms with van der Waals surface area (Å²) in [6, 6.07) is 13.3. The van der Waals surface area contributed by atoms with Gasteiger partial charge in [-0.3, -0.25) is 19.9 Å². The number of piperidine rings is 1. The van der Waals surface area contributed by atoms with Gasteiger partial charge in [0.15, 0.2) is 5.82 Å². The minimum atomic E-state index is -0.575. The molecule has 0 spiro atoms. The van der Waals surface area contributed by atoms with Crippen LogP contribution in [0.5, 0.6) is 0 Å². The topological polar surface area (TPSA) is 138 Å². The number of hydrogen-bond acceptors (Lipinski definition) is 8. The number of hydrogen-bond donors (Lipinski definition) is 1. The van der Waals surface area contributed by atoms with Crippen molar-refractivity contribution in [2.45, 2.75) is 12.8 Å². The zero-order valence-corrected chi connectivity index (χ0v) is 17.0. The van der Waals surface area contributed by atoms with Crippen LogP contribution in [0.25, 0.3) is 11.3 Å². The summed E-state index contributed by atoms with van der Waals surface area (Å²) in [4.78, 5) is 29.1. The molecule has 10 heteroatoms. The fourth-order valence-electron chi connectivity index (χ4n) is 3.62. The molecule has 2 aromatic heterocycles. The van der Waals surface area contributed by atoms with Gasteiger partial charge >= 0.3 is 0 Å². The Kier molecular flexibility index (Phi) is 5.98. The molecule has 1 aliphatic heterocycles. The molecule has 1 saturated heterocycles. The Morgan fingerprint density at radius 3 is 2.50 bits per heavy atom. The minimum absolute atomic E-state index is 0.0644. The first-order valence-electron chi connectivity index (χ1n) is 10.0. The molecule has 0 saturated carbocycles. The number of nitro groups is 1. The van der Waals surface area contributed by atoms with Gasteiger partial charge in [-0.15, -0.1) is 10.2 Å². The molecule has 1 amide bonds. The molecule has 160 valence electrons. The SMILES string of the molecule is N#Cc1cc([N+](=O)[O-])ccc1NC(=O)C1CCN(c2ccc(-c3ccncc3)nn2)CC1. The zero-order valence-electron chi connectivity index (χ0n) is 17.0. The van der Waals surface area contributed by atoms with Gasteiger partial charge in [0.1, 0.15) is 6.07 Å². The molecule has 32 heavy (non-hydrogen) atoms. The van der Waals surface area contributed by atoms with Crippen LogP contribution < -0.4 is 10.2 Å². The number of non-ortho nitro benzene ring substituents is 1. The second kappa shape index (κ2) is 9.18. The van der Waals surface area contributed by atoms with Crippen molar-refractivity contribution in [3.05, 3.63) is 70.5 Å². The van der Waals surface area contributed by atoms with E-state index in [1.165, 1.54) is 12.1 Å². The Balaban J connectivity index is 1.36. The maximum atomic E-state index is 12.7. The van der Waals surface area contributed by atoms with Crippen LogP contribution in [0.15, 0.2) is 54.9 Å². The number of amides is 1. The average molecular weight is 429 g/mol. The summed E-state index contributed by atoms with van der Waals surface area (Å²) in [5.74, 6) is 0.329. The van der Waals surface area contributed by atoms with E-state index in [4.69, 9.17) is 0 Å². The average Bonchev–Trinajstić information content (AvgIpc) is 2.85. The van der Waals surface area contributed by atoms with Gasteiger partial charge in [0.2, 0.25) is 5.91 Å². The smallest absolute Gasteiger partial charge is 0.270 e. The van der Waals surface area contributed by atoms with E-state index >= 15 is 0 Å². The number of carbonyl (C=O) groups excluding carboxylic acids is 1. The number of benzene rings is 1. The van der Waals surface area contributed by atoms with Gasteiger partial charge in [-0.05, 0) is 43.2 Å². The van der Waals surface area contributed by atoms with Crippen molar-refractivity contribution in [2.24, 2.45) is 5.92 Å². The highest BCUT2D eigenvalue weighted by atomic mass is 16.6. The van der Waals surface area contributed by atoms with Crippen LogP contribution in [-0.4, -0.2) is 39.1 Å². The maximum absolute atomic E-state index is 12.7. The first-order valence-corrected chi connectivity index (χ1v) is 10.0. The predicted octanol–water partition coefficient (Wildman–Crippen LogP) is 3.17. The summed E-state index contributed by atoms with van der Waals surface area (Å²) in [7, 11) is 0. The van der Waals surface area contributed by atoms with E-state index < -0.39 is 4.92 Å². The third kappa shape index (κ3) is 4.52. The quantitative estimate of drug-likeness (QED) is 0.482. The second-order valence-electron chi connectivity index (χ2n) is 7.36. The predicted molar refractivity (Wildman–Crippen MR) is 117 cm³/mol. The minimum Gasteiger partial charge on any atom is -0.355 e. The normalized spacial score (nSPS) is 13.9. The van der Waals surface area contributed by atoms with Gasteiger partial charge < -0.3 is 10.2 Å². The molecule has 3 heterocycles. The number of nitriles is 1. The number of aromatic nitrogens is 3. The monoisotopic (exact) mass is 429 g/mol. The van der Waals surface area contributed by atoms with Crippen LogP contribution in [0.3, 0.4) is 0 Å². The van der Waals surface area contributed by atoms with Crippen molar-refractivity contribution >= 4 is 23.1 Å². The Labute approximate surface area is 183 Å². The number of nitro benzene ring substituents is 1. The van der Waals surface area contributed by atoms with Gasteiger partial charge in [0, 0.05) is 49.1 Å². The standard InChI is InChI=1S/C22H19N7O3/c23-14-17-13-18(29(31)32)1-2-19(17)25-22(30)16-7-11-28(12-8-16)21-4-3-20(26-27-21)15-5-9-24-10-6-15/h1-6,9-10,13,16H,7-8,11-12H2,(H,25,30). The van der Waals surface area contributed by atoms with Gasteiger partial charge in [0.05, 0.1) is 21.9 Å². The summed E-state index contributed by atoms with van der Waals surface area (Å²) in [5, 5.41) is 31.5. The molecule has 0 aliphatic carbocycles. The summed E-state index contributed by atoms with van der Waals surface area (Å²) >= 11 is 0. The highest BCUT2D eigenvalue weighted by Crippen LogP contribution is 2.26. The zero-order chi connectivity index (χ0) is 22.5. The van der Waals surface area contributed by atoms with E-state index in [2.05, 4.69) is 25.4 Å². The number of nitrogens with zero attached hydrogens (tertiary/aromatic N) is 6. The van der Waals surface area contributed by atoms with Gasteiger partial charge in [-0.25, -0.2) is 0 Å². The van der Waals surface area contributed by atoms with Crippen molar-refractivity contribution in [1.82, 2.24) is 15.2 Å². The van der Waals surface area contributed by atoms with E-state index in [1.54, 1.807) is 12.4 Å². The summed E-state index contributed by atoms with van der Waals surface area (Å²) in [5.41, 5.74) is 1.86. The summed E-state index contributed by atoms with van der Waals surface area (Å²) in [6.45, 7) is 1.29. The van der Waals surface area contributed by atoms with E-state index in [9.17, 15) is 20.2 Å². The number of anilines is 2. The molecular formula is C22H19N7O3. The van der Waals surface area contributed by atoms with Crippen LogP contribution in [0.4, 0.5) is 17.2 Å². The van der Waals surface area contributed by atoms with E-state index in [-0.39, 0.29) is 28.8 Å². The fraction of sp³-hybridized carbons (Fsp3) is 0.227. The Bertz CT molecular complexity index is 1170. The lowest BCUT2D eigenvalue weighted by Gasteiger charge is -2.31. The molecule has 0 unspecified atom stereocenters. The molecular weight excluding hydrogens is 410 g/mol. The third-order valence-electron chi connectivity index (χ3n) is 5.41. The van der Waals surface area contributed by atoms with Crippen LogP contribution in [0.1, 0.15) is 18.4 Å². The van der Waals surface area contributed by atoms with E-state index in [0.29, 0.717) is 25.9 Å². The third-order valence-corrected chi connectivity index (χ3v) is 5.41. The van der Waals surface area contributed by atoms with Crippen molar-refractivity contribution in [3.8, 4) is 17.3 Å². The molecule has 1 aromatic carbocycles. The summed E-state index contributed by atoms with van der Waals surface area (Å²) < 4.78 is 0. The summed E-state index contributed by atoms with van der Waals surface area (Å²) in [6.07, 6.45) is 4.65. The molecule has 0 bridgehead atoms. The van der Waals surface area contributed by atoms with Crippen molar-refractivity contribution < 1.29 is 9.72 Å². The first-order chi connectivity index (χ1) is 15.5. The number of rotatable bonds is 5. The Morgan fingerprint density at radius 1 is 1.12 bits per heavy atom. The maximum Gasteiger partial charge on any atom is 0.270 e. The van der Waals surface area contributed by atoms with Crippen molar-refractivity contribution in [3.63, 3.8) is 0 Å². The molecule has 1 fully saturated rings. The van der Waals surface area contributed by atoms with Gasteiger partial charge in [-0.2, -0.15) is 5.26 Å². The molecule has 0 atom stereocenters. The lowest BCUT2D eigenvalue weighted by molar-refractivity contribution is -0.384. The molecule has 1 N–H and O–H groups in total. The van der Waals surface area contributed by atoms with Crippen LogP contribution in [0.2, 0.25) is 0 Å². The number of pyridine rings is 1. The van der Waals surface area contributed by atoms with E-state index in [0.717, 1.165) is 23.1 Å². The largest absolute Gasteiger partial charge is 0.355 e.